The number of nitrogens with zero attached hydrogens (tertiary/aromatic N) is 2. The van der Waals surface area contributed by atoms with Gasteiger partial charge in [-0.2, -0.15) is 0 Å². The van der Waals surface area contributed by atoms with Crippen LogP contribution in [0.25, 0.3) is 0 Å². The molecule has 2 N–H and O–H groups in total. The lowest BCUT2D eigenvalue weighted by Gasteiger charge is -2.46. The number of benzene rings is 1. The van der Waals surface area contributed by atoms with Crippen LogP contribution in [0.3, 0.4) is 0 Å². The lowest BCUT2D eigenvalue weighted by molar-refractivity contribution is 0.0189. The van der Waals surface area contributed by atoms with E-state index >= 15 is 0 Å². The van der Waals surface area contributed by atoms with E-state index in [4.69, 9.17) is 10.5 Å². The van der Waals surface area contributed by atoms with Crippen molar-refractivity contribution in [1.82, 2.24) is 9.80 Å². The van der Waals surface area contributed by atoms with E-state index in [1.807, 2.05) is 35.2 Å². The number of ether oxygens (including phenoxy) is 1. The molecule has 0 saturated carbocycles. The Kier molecular flexibility index (Phi) is 4.95. The summed E-state index contributed by atoms with van der Waals surface area (Å²) in [4.78, 5) is 16.4. The summed E-state index contributed by atoms with van der Waals surface area (Å²) in [6.45, 7) is 4.98. The number of hydrogen-bond donors (Lipinski definition) is 1. The zero-order valence-corrected chi connectivity index (χ0v) is 13.0. The van der Waals surface area contributed by atoms with Crippen molar-refractivity contribution in [3.05, 3.63) is 35.9 Å². The molecule has 5 heteroatoms. The summed E-state index contributed by atoms with van der Waals surface area (Å²) in [6.07, 6.45) is 1.89. The van der Waals surface area contributed by atoms with Crippen molar-refractivity contribution < 1.29 is 9.53 Å². The molecule has 2 heterocycles. The predicted molar refractivity (Wildman–Crippen MR) is 85.3 cm³/mol. The van der Waals surface area contributed by atoms with Gasteiger partial charge in [0.1, 0.15) is 6.61 Å². The van der Waals surface area contributed by atoms with Crippen molar-refractivity contribution in [3.8, 4) is 0 Å². The zero-order valence-electron chi connectivity index (χ0n) is 13.0. The SMILES string of the molecule is NCC1CN(C2CCN(C(=O)OCc3ccccc3)CC2)C1. The minimum absolute atomic E-state index is 0.189. The highest BCUT2D eigenvalue weighted by Crippen LogP contribution is 2.24. The first-order chi connectivity index (χ1) is 10.8. The second-order valence-corrected chi connectivity index (χ2v) is 6.31. The minimum atomic E-state index is -0.189. The molecule has 0 radical (unpaired) electrons. The van der Waals surface area contributed by atoms with E-state index in [0.29, 0.717) is 18.6 Å². The number of carbonyl (C=O) groups excluding carboxylic acids is 1. The molecule has 0 aliphatic carbocycles. The first kappa shape index (κ1) is 15.3. The Balaban J connectivity index is 1.39. The van der Waals surface area contributed by atoms with Crippen molar-refractivity contribution in [2.75, 3.05) is 32.7 Å². The van der Waals surface area contributed by atoms with Gasteiger partial charge in [0.05, 0.1) is 0 Å². The molecule has 2 fully saturated rings. The van der Waals surface area contributed by atoms with Gasteiger partial charge in [0, 0.05) is 32.2 Å². The Hall–Kier alpha value is -1.59. The van der Waals surface area contributed by atoms with Crippen LogP contribution >= 0.6 is 0 Å². The maximum atomic E-state index is 12.1. The number of amides is 1. The first-order valence-corrected chi connectivity index (χ1v) is 8.16. The fourth-order valence-electron chi connectivity index (χ4n) is 3.28. The number of nitrogens with two attached hydrogens (primary N) is 1. The summed E-state index contributed by atoms with van der Waals surface area (Å²) < 4.78 is 5.39. The Morgan fingerprint density at radius 2 is 1.86 bits per heavy atom. The maximum absolute atomic E-state index is 12.1. The summed E-state index contributed by atoms with van der Waals surface area (Å²) >= 11 is 0. The standard InChI is InChI=1S/C17H25N3O2/c18-10-15-11-20(12-15)16-6-8-19(9-7-16)17(21)22-13-14-4-2-1-3-5-14/h1-5,15-16H,6-13,18H2. The second-order valence-electron chi connectivity index (χ2n) is 6.31. The molecule has 2 saturated heterocycles. The average Bonchev–Trinajstić information content (AvgIpc) is 2.53. The van der Waals surface area contributed by atoms with Gasteiger partial charge in [-0.25, -0.2) is 4.79 Å². The molecule has 2 aliphatic heterocycles. The van der Waals surface area contributed by atoms with E-state index < -0.39 is 0 Å². The van der Waals surface area contributed by atoms with Gasteiger partial charge in [-0.05, 0) is 30.9 Å². The summed E-state index contributed by atoms with van der Waals surface area (Å²) in [5, 5.41) is 0. The Morgan fingerprint density at radius 1 is 1.18 bits per heavy atom. The smallest absolute Gasteiger partial charge is 0.410 e. The van der Waals surface area contributed by atoms with Crippen molar-refractivity contribution in [2.45, 2.75) is 25.5 Å². The van der Waals surface area contributed by atoms with E-state index in [1.165, 1.54) is 0 Å². The molecule has 0 unspecified atom stereocenters. The van der Waals surface area contributed by atoms with Crippen molar-refractivity contribution in [2.24, 2.45) is 11.7 Å². The minimum Gasteiger partial charge on any atom is -0.445 e. The average molecular weight is 303 g/mol. The van der Waals surface area contributed by atoms with Crippen LogP contribution in [0.5, 0.6) is 0 Å². The molecule has 0 aromatic heterocycles. The molecular formula is C17H25N3O2. The van der Waals surface area contributed by atoms with Gasteiger partial charge in [-0.15, -0.1) is 0 Å². The molecule has 3 rings (SSSR count). The van der Waals surface area contributed by atoms with Gasteiger partial charge in [0.25, 0.3) is 0 Å². The number of carbonyl (C=O) groups is 1. The Bertz CT molecular complexity index is 480. The van der Waals surface area contributed by atoms with E-state index in [9.17, 15) is 4.79 Å². The Morgan fingerprint density at radius 3 is 2.50 bits per heavy atom. The van der Waals surface area contributed by atoms with Crippen molar-refractivity contribution in [1.29, 1.82) is 0 Å². The molecule has 1 aromatic carbocycles. The van der Waals surface area contributed by atoms with Gasteiger partial charge in [0.2, 0.25) is 0 Å². The van der Waals surface area contributed by atoms with Crippen LogP contribution in [0.15, 0.2) is 30.3 Å². The number of likely N-dealkylation sites (tertiary alicyclic amines) is 2. The van der Waals surface area contributed by atoms with Crippen LogP contribution in [0.2, 0.25) is 0 Å². The molecule has 5 nitrogen and oxygen atoms in total. The first-order valence-electron chi connectivity index (χ1n) is 8.16. The van der Waals surface area contributed by atoms with Crippen LogP contribution in [0.4, 0.5) is 4.79 Å². The highest BCUT2D eigenvalue weighted by molar-refractivity contribution is 5.67. The largest absolute Gasteiger partial charge is 0.445 e. The van der Waals surface area contributed by atoms with Gasteiger partial charge in [-0.1, -0.05) is 30.3 Å². The van der Waals surface area contributed by atoms with Gasteiger partial charge < -0.3 is 15.4 Å². The third kappa shape index (κ3) is 3.59. The summed E-state index contributed by atoms with van der Waals surface area (Å²) in [7, 11) is 0. The second kappa shape index (κ2) is 7.11. The predicted octanol–water partition coefficient (Wildman–Crippen LogP) is 1.68. The quantitative estimate of drug-likeness (QED) is 0.919. The monoisotopic (exact) mass is 303 g/mol. The molecule has 0 atom stereocenters. The lowest BCUT2D eigenvalue weighted by Crippen LogP contribution is -2.57. The fraction of sp³-hybridized carbons (Fsp3) is 0.588. The fourth-order valence-corrected chi connectivity index (χ4v) is 3.28. The van der Waals surface area contributed by atoms with Crippen LogP contribution in [0, 0.1) is 5.92 Å². The van der Waals surface area contributed by atoms with Crippen LogP contribution in [-0.4, -0.2) is 54.7 Å². The highest BCUT2D eigenvalue weighted by Gasteiger charge is 2.34. The zero-order chi connectivity index (χ0) is 15.4. The molecule has 1 amide bonds. The van der Waals surface area contributed by atoms with E-state index in [2.05, 4.69) is 4.90 Å². The molecule has 22 heavy (non-hydrogen) atoms. The van der Waals surface area contributed by atoms with Crippen LogP contribution < -0.4 is 5.73 Å². The normalized spacial score (nSPS) is 20.7. The van der Waals surface area contributed by atoms with Crippen molar-refractivity contribution in [3.63, 3.8) is 0 Å². The third-order valence-electron chi connectivity index (χ3n) is 4.76. The summed E-state index contributed by atoms with van der Waals surface area (Å²) in [5.74, 6) is 0.675. The molecular weight excluding hydrogens is 278 g/mol. The third-order valence-corrected chi connectivity index (χ3v) is 4.76. The van der Waals surface area contributed by atoms with E-state index in [-0.39, 0.29) is 6.09 Å². The highest BCUT2D eigenvalue weighted by atomic mass is 16.6. The van der Waals surface area contributed by atoms with Gasteiger partial charge >= 0.3 is 6.09 Å². The molecule has 2 aliphatic rings. The van der Waals surface area contributed by atoms with Crippen molar-refractivity contribution >= 4 is 6.09 Å². The Labute approximate surface area is 132 Å². The molecule has 120 valence electrons. The number of piperidine rings is 1. The van der Waals surface area contributed by atoms with Crippen LogP contribution in [0.1, 0.15) is 18.4 Å². The topological polar surface area (TPSA) is 58.8 Å². The van der Waals surface area contributed by atoms with E-state index in [1.54, 1.807) is 0 Å². The maximum Gasteiger partial charge on any atom is 0.410 e. The lowest BCUT2D eigenvalue weighted by atomic mass is 9.93. The van der Waals surface area contributed by atoms with E-state index in [0.717, 1.165) is 51.1 Å². The summed E-state index contributed by atoms with van der Waals surface area (Å²) in [5.41, 5.74) is 6.70. The molecule has 0 spiro atoms. The summed E-state index contributed by atoms with van der Waals surface area (Å²) in [6, 6.07) is 10.4. The van der Waals surface area contributed by atoms with Crippen LogP contribution in [-0.2, 0) is 11.3 Å². The van der Waals surface area contributed by atoms with Gasteiger partial charge in [0.15, 0.2) is 0 Å². The number of hydrogen-bond acceptors (Lipinski definition) is 4. The molecule has 1 aromatic rings. The number of rotatable bonds is 4. The molecule has 0 bridgehead atoms. The van der Waals surface area contributed by atoms with Gasteiger partial charge in [-0.3, -0.25) is 4.90 Å².